The third-order valence-corrected chi connectivity index (χ3v) is 6.63. The number of nitrogens with zero attached hydrogens (tertiary/aromatic N) is 3. The maximum absolute atomic E-state index is 12.5. The van der Waals surface area contributed by atoms with Gasteiger partial charge in [-0.05, 0) is 31.0 Å². The van der Waals surface area contributed by atoms with E-state index < -0.39 is 0 Å². The van der Waals surface area contributed by atoms with Crippen LogP contribution < -0.4 is 15.0 Å². The van der Waals surface area contributed by atoms with Gasteiger partial charge in [0.15, 0.2) is 5.13 Å². The number of benzene rings is 1. The molecule has 0 bridgehead atoms. The summed E-state index contributed by atoms with van der Waals surface area (Å²) in [4.78, 5) is 21.9. The fourth-order valence-corrected chi connectivity index (χ4v) is 4.84. The summed E-state index contributed by atoms with van der Waals surface area (Å²) in [6, 6.07) is 5.98. The highest BCUT2D eigenvalue weighted by molar-refractivity contribution is 7.22. The minimum absolute atomic E-state index is 0.107. The number of carbonyl (C=O) groups excluding carboxylic acids is 1. The minimum Gasteiger partial charge on any atom is -0.497 e. The number of hydrogen-bond acceptors (Lipinski definition) is 7. The van der Waals surface area contributed by atoms with Crippen molar-refractivity contribution in [1.82, 2.24) is 15.2 Å². The SMILES string of the molecule is COc1ccc2nc(N3CCC(C(=O)NCCN4CCOCC4)CC3)sc2c1. The Kier molecular flexibility index (Phi) is 6.29. The van der Waals surface area contributed by atoms with Crippen molar-refractivity contribution in [2.45, 2.75) is 12.8 Å². The first-order valence-corrected chi connectivity index (χ1v) is 10.8. The van der Waals surface area contributed by atoms with Gasteiger partial charge in [-0.1, -0.05) is 11.3 Å². The van der Waals surface area contributed by atoms with Crippen LogP contribution in [0.2, 0.25) is 0 Å². The molecule has 7 nitrogen and oxygen atoms in total. The van der Waals surface area contributed by atoms with Gasteiger partial charge in [-0.25, -0.2) is 4.98 Å². The summed E-state index contributed by atoms with van der Waals surface area (Å²) in [6.45, 7) is 6.89. The molecule has 0 aliphatic carbocycles. The molecule has 2 aliphatic heterocycles. The van der Waals surface area contributed by atoms with Gasteiger partial charge >= 0.3 is 0 Å². The van der Waals surface area contributed by atoms with Crippen molar-refractivity contribution in [1.29, 1.82) is 0 Å². The lowest BCUT2D eigenvalue weighted by Crippen LogP contribution is -2.44. The zero-order chi connectivity index (χ0) is 19.3. The summed E-state index contributed by atoms with van der Waals surface area (Å²) in [5.74, 6) is 1.16. The Balaban J connectivity index is 1.25. The predicted octanol–water partition coefficient (Wildman–Crippen LogP) is 1.97. The van der Waals surface area contributed by atoms with Gasteiger partial charge < -0.3 is 19.7 Å². The molecule has 1 amide bonds. The van der Waals surface area contributed by atoms with Crippen LogP contribution in [0.25, 0.3) is 10.2 Å². The van der Waals surface area contributed by atoms with Gasteiger partial charge in [0.2, 0.25) is 5.91 Å². The molecule has 1 aromatic carbocycles. The predicted molar refractivity (Wildman–Crippen MR) is 111 cm³/mol. The van der Waals surface area contributed by atoms with Gasteiger partial charge in [-0.3, -0.25) is 9.69 Å². The highest BCUT2D eigenvalue weighted by Gasteiger charge is 2.26. The van der Waals surface area contributed by atoms with E-state index in [4.69, 9.17) is 14.5 Å². The van der Waals surface area contributed by atoms with Crippen LogP contribution in [0.15, 0.2) is 18.2 Å². The molecule has 1 N–H and O–H groups in total. The Morgan fingerprint density at radius 1 is 1.29 bits per heavy atom. The second-order valence-corrected chi connectivity index (χ2v) is 8.35. The molecular formula is C20H28N4O3S. The van der Waals surface area contributed by atoms with Gasteiger partial charge in [-0.15, -0.1) is 0 Å². The lowest BCUT2D eigenvalue weighted by Gasteiger charge is -2.31. The van der Waals surface area contributed by atoms with E-state index in [0.29, 0.717) is 0 Å². The molecule has 0 atom stereocenters. The van der Waals surface area contributed by atoms with E-state index in [-0.39, 0.29) is 11.8 Å². The van der Waals surface area contributed by atoms with Crippen LogP contribution in [0.1, 0.15) is 12.8 Å². The smallest absolute Gasteiger partial charge is 0.223 e. The number of aromatic nitrogens is 1. The van der Waals surface area contributed by atoms with Crippen LogP contribution in [0.4, 0.5) is 5.13 Å². The monoisotopic (exact) mass is 404 g/mol. The zero-order valence-corrected chi connectivity index (χ0v) is 17.2. The normalized spacial score (nSPS) is 19.1. The topological polar surface area (TPSA) is 66.9 Å². The average Bonchev–Trinajstić information content (AvgIpc) is 3.18. The van der Waals surface area contributed by atoms with Crippen LogP contribution in [-0.2, 0) is 9.53 Å². The number of thiazole rings is 1. The molecule has 3 heterocycles. The molecule has 0 spiro atoms. The van der Waals surface area contributed by atoms with Gasteiger partial charge in [0, 0.05) is 45.2 Å². The molecule has 2 fully saturated rings. The molecule has 152 valence electrons. The Bertz CT molecular complexity index is 798. The Labute approximate surface area is 169 Å². The van der Waals surface area contributed by atoms with E-state index in [1.54, 1.807) is 18.4 Å². The van der Waals surface area contributed by atoms with Crippen molar-refractivity contribution >= 4 is 32.6 Å². The summed E-state index contributed by atoms with van der Waals surface area (Å²) >= 11 is 1.69. The van der Waals surface area contributed by atoms with Crippen molar-refractivity contribution in [3.8, 4) is 5.75 Å². The van der Waals surface area contributed by atoms with Crippen molar-refractivity contribution in [2.75, 3.05) is 64.5 Å². The van der Waals surface area contributed by atoms with Crippen LogP contribution in [0.5, 0.6) is 5.75 Å². The molecule has 2 saturated heterocycles. The molecule has 4 rings (SSSR count). The molecule has 0 radical (unpaired) electrons. The Morgan fingerprint density at radius 2 is 2.07 bits per heavy atom. The highest BCUT2D eigenvalue weighted by Crippen LogP contribution is 2.33. The van der Waals surface area contributed by atoms with Gasteiger partial charge in [0.25, 0.3) is 0 Å². The third-order valence-electron chi connectivity index (χ3n) is 5.55. The second kappa shape index (κ2) is 9.07. The first-order valence-electron chi connectivity index (χ1n) is 10.0. The summed E-state index contributed by atoms with van der Waals surface area (Å²) in [5.41, 5.74) is 1.00. The molecular weight excluding hydrogens is 376 g/mol. The summed E-state index contributed by atoms with van der Waals surface area (Å²) in [6.07, 6.45) is 1.76. The number of anilines is 1. The fraction of sp³-hybridized carbons (Fsp3) is 0.600. The number of hydrogen-bond donors (Lipinski definition) is 1. The quantitative estimate of drug-likeness (QED) is 0.794. The van der Waals surface area contributed by atoms with Crippen molar-refractivity contribution < 1.29 is 14.3 Å². The maximum atomic E-state index is 12.5. The number of morpholine rings is 1. The second-order valence-electron chi connectivity index (χ2n) is 7.34. The molecule has 28 heavy (non-hydrogen) atoms. The Hall–Kier alpha value is -1.90. The van der Waals surface area contributed by atoms with E-state index in [9.17, 15) is 4.79 Å². The maximum Gasteiger partial charge on any atom is 0.223 e. The van der Waals surface area contributed by atoms with Gasteiger partial charge in [0.1, 0.15) is 5.75 Å². The van der Waals surface area contributed by atoms with Crippen molar-refractivity contribution in [3.05, 3.63) is 18.2 Å². The number of nitrogens with one attached hydrogen (secondary N) is 1. The fourth-order valence-electron chi connectivity index (χ4n) is 3.79. The van der Waals surface area contributed by atoms with Crippen molar-refractivity contribution in [2.24, 2.45) is 5.92 Å². The number of carbonyl (C=O) groups is 1. The number of fused-ring (bicyclic) bond motifs is 1. The molecule has 0 unspecified atom stereocenters. The zero-order valence-electron chi connectivity index (χ0n) is 16.4. The largest absolute Gasteiger partial charge is 0.497 e. The summed E-state index contributed by atoms with van der Waals surface area (Å²) in [7, 11) is 1.68. The first kappa shape index (κ1) is 19.4. The average molecular weight is 405 g/mol. The van der Waals surface area contributed by atoms with Crippen LogP contribution >= 0.6 is 11.3 Å². The van der Waals surface area contributed by atoms with E-state index in [1.807, 2.05) is 18.2 Å². The molecule has 1 aromatic heterocycles. The minimum atomic E-state index is 0.107. The number of ether oxygens (including phenoxy) is 2. The third kappa shape index (κ3) is 4.56. The first-order chi connectivity index (χ1) is 13.7. The van der Waals surface area contributed by atoms with E-state index in [1.165, 1.54) is 0 Å². The highest BCUT2D eigenvalue weighted by atomic mass is 32.1. The molecule has 0 saturated carbocycles. The van der Waals surface area contributed by atoms with Crippen LogP contribution in [0.3, 0.4) is 0 Å². The van der Waals surface area contributed by atoms with Crippen LogP contribution in [0, 0.1) is 5.92 Å². The lowest BCUT2D eigenvalue weighted by molar-refractivity contribution is -0.125. The molecule has 2 aromatic rings. The molecule has 2 aliphatic rings. The summed E-state index contributed by atoms with van der Waals surface area (Å²) in [5, 5.41) is 4.16. The number of rotatable bonds is 6. The van der Waals surface area contributed by atoms with Gasteiger partial charge in [-0.2, -0.15) is 0 Å². The lowest BCUT2D eigenvalue weighted by atomic mass is 9.96. The van der Waals surface area contributed by atoms with E-state index >= 15 is 0 Å². The number of piperidine rings is 1. The van der Waals surface area contributed by atoms with Crippen molar-refractivity contribution in [3.63, 3.8) is 0 Å². The van der Waals surface area contributed by atoms with Gasteiger partial charge in [0.05, 0.1) is 30.5 Å². The number of amides is 1. The van der Waals surface area contributed by atoms with Crippen LogP contribution in [-0.4, -0.2) is 75.4 Å². The molecule has 8 heteroatoms. The van der Waals surface area contributed by atoms with E-state index in [0.717, 1.165) is 86.4 Å². The standard InChI is InChI=1S/C20H28N4O3S/c1-26-16-2-3-17-18(14-16)28-20(22-17)24-7-4-15(5-8-24)19(25)21-6-9-23-10-12-27-13-11-23/h2-3,14-15H,4-13H2,1H3,(H,21,25). The summed E-state index contributed by atoms with van der Waals surface area (Å²) < 4.78 is 11.8. The Morgan fingerprint density at radius 3 is 2.82 bits per heavy atom. The number of methoxy groups -OCH3 is 1. The van der Waals surface area contributed by atoms with E-state index in [2.05, 4.69) is 15.1 Å².